The number of anilines is 1. The molecular formula is C16H18ClN3O3S. The lowest BCUT2D eigenvalue weighted by molar-refractivity contribution is 0.0992. The van der Waals surface area contributed by atoms with Crippen LogP contribution in [0.25, 0.3) is 0 Å². The largest absolute Gasteiger partial charge is 0.310 e. The Hall–Kier alpha value is -1.96. The van der Waals surface area contributed by atoms with Gasteiger partial charge in [0.05, 0.1) is 18.1 Å². The number of rotatable bonds is 5. The molecule has 0 unspecified atom stereocenters. The van der Waals surface area contributed by atoms with Crippen molar-refractivity contribution in [2.24, 2.45) is 0 Å². The zero-order chi connectivity index (χ0) is 17.9. The maximum atomic E-state index is 12.7. The number of amides is 1. The highest BCUT2D eigenvalue weighted by Crippen LogP contribution is 2.20. The Bertz CT molecular complexity index is 869. The van der Waals surface area contributed by atoms with Crippen LogP contribution < -0.4 is 9.62 Å². The molecule has 1 N–H and O–H groups in total. The lowest BCUT2D eigenvalue weighted by Gasteiger charge is -2.19. The van der Waals surface area contributed by atoms with Crippen LogP contribution in [0.5, 0.6) is 0 Å². The smallest absolute Gasteiger partial charge is 0.258 e. The number of nitrogens with zero attached hydrogens (tertiary/aromatic N) is 2. The van der Waals surface area contributed by atoms with Gasteiger partial charge >= 0.3 is 0 Å². The molecule has 0 saturated heterocycles. The summed E-state index contributed by atoms with van der Waals surface area (Å²) >= 11 is 5.97. The first-order valence-corrected chi connectivity index (χ1v) is 9.37. The van der Waals surface area contributed by atoms with Crippen molar-refractivity contribution in [2.75, 3.05) is 18.2 Å². The summed E-state index contributed by atoms with van der Waals surface area (Å²) in [5, 5.41) is 0.488. The number of benzene rings is 1. The minimum Gasteiger partial charge on any atom is -0.310 e. The lowest BCUT2D eigenvalue weighted by Crippen LogP contribution is -2.27. The number of sulfonamides is 1. The van der Waals surface area contributed by atoms with Gasteiger partial charge < -0.3 is 4.90 Å². The highest BCUT2D eigenvalue weighted by molar-refractivity contribution is 7.88. The summed E-state index contributed by atoms with van der Waals surface area (Å²) < 4.78 is 24.7. The number of hydrogen-bond acceptors (Lipinski definition) is 4. The van der Waals surface area contributed by atoms with Crippen molar-refractivity contribution in [2.45, 2.75) is 13.5 Å². The maximum Gasteiger partial charge on any atom is 0.258 e. The molecule has 0 aliphatic rings. The van der Waals surface area contributed by atoms with Crippen molar-refractivity contribution in [3.05, 3.63) is 58.4 Å². The van der Waals surface area contributed by atoms with Crippen molar-refractivity contribution in [1.29, 1.82) is 0 Å². The van der Waals surface area contributed by atoms with Crippen LogP contribution in [0.4, 0.5) is 5.69 Å². The second kappa shape index (κ2) is 7.29. The summed E-state index contributed by atoms with van der Waals surface area (Å²) in [7, 11) is -1.67. The fraction of sp³-hybridized carbons (Fsp3) is 0.250. The molecule has 128 valence electrons. The average molecular weight is 368 g/mol. The number of aryl methyl sites for hydroxylation is 1. The van der Waals surface area contributed by atoms with Crippen LogP contribution >= 0.6 is 11.6 Å². The molecule has 0 fully saturated rings. The molecular weight excluding hydrogens is 350 g/mol. The minimum atomic E-state index is -3.30. The highest BCUT2D eigenvalue weighted by atomic mass is 35.5. The maximum absolute atomic E-state index is 12.7. The summed E-state index contributed by atoms with van der Waals surface area (Å²) in [4.78, 5) is 18.2. The van der Waals surface area contributed by atoms with Gasteiger partial charge in [-0.15, -0.1) is 0 Å². The number of carbonyl (C=O) groups excluding carboxylic acids is 1. The summed E-state index contributed by atoms with van der Waals surface area (Å²) in [6, 6.07) is 6.85. The minimum absolute atomic E-state index is 0.109. The van der Waals surface area contributed by atoms with Crippen LogP contribution in [0.1, 0.15) is 21.5 Å². The third-order valence-electron chi connectivity index (χ3n) is 3.44. The zero-order valence-electron chi connectivity index (χ0n) is 13.6. The summed E-state index contributed by atoms with van der Waals surface area (Å²) in [6.45, 7) is 1.94. The van der Waals surface area contributed by atoms with Gasteiger partial charge in [0.2, 0.25) is 10.0 Å². The third-order valence-corrected chi connectivity index (χ3v) is 4.34. The Morgan fingerprint density at radius 3 is 2.67 bits per heavy atom. The molecule has 24 heavy (non-hydrogen) atoms. The number of carbonyl (C=O) groups is 1. The monoisotopic (exact) mass is 367 g/mol. The normalized spacial score (nSPS) is 11.3. The van der Waals surface area contributed by atoms with Gasteiger partial charge in [-0.25, -0.2) is 13.1 Å². The van der Waals surface area contributed by atoms with Crippen LogP contribution in [0, 0.1) is 6.92 Å². The van der Waals surface area contributed by atoms with Gasteiger partial charge in [-0.2, -0.15) is 0 Å². The second-order valence-electron chi connectivity index (χ2n) is 5.47. The Kier molecular flexibility index (Phi) is 5.58. The molecule has 8 heteroatoms. The summed E-state index contributed by atoms with van der Waals surface area (Å²) in [5.74, 6) is -0.218. The van der Waals surface area contributed by atoms with Gasteiger partial charge in [0.1, 0.15) is 0 Å². The van der Waals surface area contributed by atoms with E-state index < -0.39 is 10.0 Å². The highest BCUT2D eigenvalue weighted by Gasteiger charge is 2.17. The molecule has 0 aliphatic heterocycles. The van der Waals surface area contributed by atoms with Crippen LogP contribution in [0.15, 0.2) is 36.7 Å². The first-order valence-electron chi connectivity index (χ1n) is 7.10. The molecule has 2 rings (SSSR count). The second-order valence-corrected chi connectivity index (χ2v) is 7.74. The Morgan fingerprint density at radius 2 is 2.00 bits per heavy atom. The van der Waals surface area contributed by atoms with E-state index in [4.69, 9.17) is 11.6 Å². The summed E-state index contributed by atoms with van der Waals surface area (Å²) in [6.07, 6.45) is 4.17. The average Bonchev–Trinajstić information content (AvgIpc) is 2.53. The number of halogens is 1. The van der Waals surface area contributed by atoms with Gasteiger partial charge in [-0.05, 0) is 36.2 Å². The predicted octanol–water partition coefficient (Wildman–Crippen LogP) is 2.37. The topological polar surface area (TPSA) is 79.4 Å². The molecule has 2 aromatic rings. The van der Waals surface area contributed by atoms with Gasteiger partial charge in [0, 0.05) is 30.4 Å². The molecule has 1 heterocycles. The number of aromatic nitrogens is 1. The van der Waals surface area contributed by atoms with Crippen LogP contribution in [-0.4, -0.2) is 32.6 Å². The molecule has 0 spiro atoms. The number of hydrogen-bond donors (Lipinski definition) is 1. The summed E-state index contributed by atoms with van der Waals surface area (Å²) in [5.41, 5.74) is 2.54. The van der Waals surface area contributed by atoms with Crippen LogP contribution in [0.3, 0.4) is 0 Å². The van der Waals surface area contributed by atoms with E-state index in [0.29, 0.717) is 21.8 Å². The lowest BCUT2D eigenvalue weighted by atomic mass is 10.1. The SMILES string of the molecule is Cc1ccc(Cl)cc1C(=O)N(C)c1cncc(CNS(C)(=O)=O)c1. The van der Waals surface area contributed by atoms with Crippen LogP contribution in [-0.2, 0) is 16.6 Å². The van der Waals surface area contributed by atoms with Crippen LogP contribution in [0.2, 0.25) is 5.02 Å². The quantitative estimate of drug-likeness (QED) is 0.879. The first-order chi connectivity index (χ1) is 11.2. The Balaban J connectivity index is 2.24. The molecule has 0 bridgehead atoms. The van der Waals surface area contributed by atoms with Crippen molar-refractivity contribution in [3.63, 3.8) is 0 Å². The van der Waals surface area contributed by atoms with Crippen molar-refractivity contribution >= 4 is 33.2 Å². The molecule has 0 saturated carbocycles. The van der Waals surface area contributed by atoms with E-state index in [1.807, 2.05) is 6.92 Å². The molecule has 6 nitrogen and oxygen atoms in total. The fourth-order valence-corrected chi connectivity index (χ4v) is 2.69. The fourth-order valence-electron chi connectivity index (χ4n) is 2.09. The van der Waals surface area contributed by atoms with Crippen molar-refractivity contribution in [1.82, 2.24) is 9.71 Å². The van der Waals surface area contributed by atoms with E-state index in [-0.39, 0.29) is 12.5 Å². The molecule has 1 aromatic heterocycles. The van der Waals surface area contributed by atoms with E-state index in [1.54, 1.807) is 43.7 Å². The number of pyridine rings is 1. The van der Waals surface area contributed by atoms with Crippen molar-refractivity contribution in [3.8, 4) is 0 Å². The zero-order valence-corrected chi connectivity index (χ0v) is 15.1. The van der Waals surface area contributed by atoms with E-state index in [9.17, 15) is 13.2 Å². The van der Waals surface area contributed by atoms with Gasteiger partial charge in [-0.3, -0.25) is 9.78 Å². The molecule has 0 atom stereocenters. The number of nitrogens with one attached hydrogen (secondary N) is 1. The molecule has 0 radical (unpaired) electrons. The van der Waals surface area contributed by atoms with Gasteiger partial charge in [-0.1, -0.05) is 17.7 Å². The van der Waals surface area contributed by atoms with E-state index in [0.717, 1.165) is 11.8 Å². The van der Waals surface area contributed by atoms with Gasteiger partial charge in [0.15, 0.2) is 0 Å². The van der Waals surface area contributed by atoms with Gasteiger partial charge in [0.25, 0.3) is 5.91 Å². The predicted molar refractivity (Wildman–Crippen MR) is 94.8 cm³/mol. The molecule has 1 aromatic carbocycles. The third kappa shape index (κ3) is 4.77. The Labute approximate surface area is 146 Å². The molecule has 1 amide bonds. The first kappa shape index (κ1) is 18.4. The van der Waals surface area contributed by atoms with E-state index in [1.165, 1.54) is 4.90 Å². The Morgan fingerprint density at radius 1 is 1.29 bits per heavy atom. The van der Waals surface area contributed by atoms with E-state index >= 15 is 0 Å². The molecule has 0 aliphatic carbocycles. The standard InChI is InChI=1S/C16H18ClN3O3S/c1-11-4-5-13(17)7-15(11)16(21)20(2)14-6-12(8-18-10-14)9-19-24(3,22)23/h4-8,10,19H,9H2,1-3H3. The van der Waals surface area contributed by atoms with E-state index in [2.05, 4.69) is 9.71 Å². The van der Waals surface area contributed by atoms with Crippen molar-refractivity contribution < 1.29 is 13.2 Å².